The lowest BCUT2D eigenvalue weighted by Crippen LogP contribution is -2.68. The van der Waals surface area contributed by atoms with Gasteiger partial charge in [0.15, 0.2) is 9.84 Å². The van der Waals surface area contributed by atoms with Gasteiger partial charge in [0.05, 0.1) is 23.5 Å². The summed E-state index contributed by atoms with van der Waals surface area (Å²) in [5, 5.41) is 4.24. The molecule has 7 rings (SSSR count). The van der Waals surface area contributed by atoms with Crippen molar-refractivity contribution in [3.05, 3.63) is 35.5 Å². The second kappa shape index (κ2) is 14.4. The third kappa shape index (κ3) is 6.27. The number of rotatable bonds is 10. The molecule has 1 saturated heterocycles. The van der Waals surface area contributed by atoms with Gasteiger partial charge in [-0.05, 0) is 153 Å². The van der Waals surface area contributed by atoms with Crippen LogP contribution in [0.15, 0.2) is 35.5 Å². The van der Waals surface area contributed by atoms with Gasteiger partial charge in [-0.2, -0.15) is 0 Å². The van der Waals surface area contributed by atoms with Crippen LogP contribution in [0, 0.1) is 56.7 Å². The van der Waals surface area contributed by atoms with Crippen LogP contribution in [0.4, 0.5) is 4.39 Å². The molecule has 10 atom stereocenters. The molecule has 4 saturated carbocycles. The van der Waals surface area contributed by atoms with Crippen LogP contribution in [0.1, 0.15) is 132 Å². The number of hydrogen-bond acceptors (Lipinski definition) is 6. The highest BCUT2D eigenvalue weighted by molar-refractivity contribution is 7.91. The summed E-state index contributed by atoms with van der Waals surface area (Å²) in [7, 11) is -2.87. The van der Waals surface area contributed by atoms with Crippen LogP contribution >= 0.6 is 0 Å². The first-order chi connectivity index (χ1) is 25.5. The van der Waals surface area contributed by atoms with Gasteiger partial charge in [-0.25, -0.2) is 12.8 Å². The van der Waals surface area contributed by atoms with E-state index in [1.165, 1.54) is 68.1 Å². The van der Waals surface area contributed by atoms with Gasteiger partial charge in [0.25, 0.3) is 0 Å². The third-order valence-corrected chi connectivity index (χ3v) is 19.9. The van der Waals surface area contributed by atoms with Crippen molar-refractivity contribution in [1.82, 2.24) is 10.2 Å². The number of carbonyl (C=O) groups is 1. The summed E-state index contributed by atoms with van der Waals surface area (Å²) in [6, 6.07) is 0. The van der Waals surface area contributed by atoms with E-state index in [0.717, 1.165) is 32.4 Å². The highest BCUT2D eigenvalue weighted by atomic mass is 32.2. The van der Waals surface area contributed by atoms with Crippen molar-refractivity contribution in [3.63, 3.8) is 0 Å². The molecule has 5 fully saturated rings. The quantitative estimate of drug-likeness (QED) is 0.177. The molecular formula is C46H73FN2O4S. The van der Waals surface area contributed by atoms with Crippen molar-refractivity contribution < 1.29 is 22.3 Å². The van der Waals surface area contributed by atoms with Crippen LogP contribution in [0.25, 0.3) is 0 Å². The van der Waals surface area contributed by atoms with Crippen LogP contribution in [0.2, 0.25) is 0 Å². The molecule has 304 valence electrons. The van der Waals surface area contributed by atoms with Crippen LogP contribution in [-0.4, -0.2) is 75.8 Å². The molecule has 0 radical (unpaired) electrons. The second-order valence-electron chi connectivity index (χ2n) is 20.5. The first-order valence-corrected chi connectivity index (χ1v) is 23.8. The second-order valence-corrected chi connectivity index (χ2v) is 22.8. The van der Waals surface area contributed by atoms with Gasteiger partial charge in [-0.1, -0.05) is 65.8 Å². The predicted octanol–water partition coefficient (Wildman–Crippen LogP) is 9.27. The van der Waals surface area contributed by atoms with Crippen LogP contribution in [0.5, 0.6) is 0 Å². The Morgan fingerprint density at radius 2 is 1.67 bits per heavy atom. The van der Waals surface area contributed by atoms with E-state index in [2.05, 4.69) is 63.9 Å². The van der Waals surface area contributed by atoms with Crippen molar-refractivity contribution in [2.45, 2.75) is 137 Å². The van der Waals surface area contributed by atoms with E-state index >= 15 is 0 Å². The molecule has 1 aliphatic heterocycles. The van der Waals surface area contributed by atoms with Gasteiger partial charge in [0.1, 0.15) is 6.67 Å². The van der Waals surface area contributed by atoms with E-state index in [4.69, 9.17) is 11.3 Å². The number of nitrogens with one attached hydrogen (secondary N) is 1. The molecule has 1 N–H and O–H groups in total. The molecule has 0 bridgehead atoms. The number of carbonyl (C=O) groups excluding carboxylic acids is 1. The number of alkyl halides is 1. The molecule has 1 unspecified atom stereocenters. The average Bonchev–Trinajstić information content (AvgIpc) is 3.52. The lowest BCUT2D eigenvalue weighted by Gasteiger charge is -2.72. The van der Waals surface area contributed by atoms with Crippen molar-refractivity contribution >= 4 is 15.8 Å². The minimum atomic E-state index is -2.87. The average molecular weight is 769 g/mol. The van der Waals surface area contributed by atoms with Gasteiger partial charge in [0, 0.05) is 31.7 Å². The van der Waals surface area contributed by atoms with E-state index in [1.807, 2.05) is 0 Å². The van der Waals surface area contributed by atoms with Crippen molar-refractivity contribution in [2.24, 2.45) is 56.7 Å². The van der Waals surface area contributed by atoms with Gasteiger partial charge in [0.2, 0.25) is 0 Å². The zero-order chi connectivity index (χ0) is 39.0. The van der Waals surface area contributed by atoms with E-state index < -0.39 is 21.9 Å². The summed E-state index contributed by atoms with van der Waals surface area (Å²) < 4.78 is 43.9. The molecule has 6 aliphatic carbocycles. The predicted molar refractivity (Wildman–Crippen MR) is 217 cm³/mol. The van der Waals surface area contributed by atoms with Gasteiger partial charge >= 0.3 is 5.97 Å². The maximum Gasteiger partial charge on any atom is 0.315 e. The standard InChI is InChI=1S/C46H73FN2O4S/c1-9-32(3)34-15-22-46(48-25-26-49-27-29-54(51,52)30-28-49)24-23-43(7)36(39(34)46)11-12-38-42(6)18-16-35(41(4,5)37(42)17-19-44(38,43)8)33-13-20-45(31-47,21-14-33)40(50)53-10-2/h13,16,34,36-39,48H,3,9-12,14-15,17-31H2,1-2,4-8H3/t34-,36+,37-,38+,39+,42-,43+,44+,45?,46-/m0/s1. The maximum absolute atomic E-state index is 14.4. The summed E-state index contributed by atoms with van der Waals surface area (Å²) in [6.45, 7) is 24.7. The Bertz CT molecular complexity index is 1640. The fraction of sp³-hybridized carbons (Fsp3) is 0.848. The molecule has 0 aromatic rings. The minimum absolute atomic E-state index is 0.0111. The molecule has 7 aliphatic rings. The van der Waals surface area contributed by atoms with E-state index in [9.17, 15) is 17.6 Å². The van der Waals surface area contributed by atoms with Crippen molar-refractivity contribution in [3.8, 4) is 0 Å². The first kappa shape index (κ1) is 40.7. The number of ether oxygens (including phenoxy) is 1. The highest BCUT2D eigenvalue weighted by Gasteiger charge is 2.70. The zero-order valence-corrected chi connectivity index (χ0v) is 35.8. The number of fused-ring (bicyclic) bond motifs is 7. The van der Waals surface area contributed by atoms with Crippen LogP contribution in [-0.2, 0) is 19.4 Å². The fourth-order valence-corrected chi connectivity index (χ4v) is 16.3. The Morgan fingerprint density at radius 3 is 2.31 bits per heavy atom. The fourth-order valence-electron chi connectivity index (χ4n) is 15.0. The maximum atomic E-state index is 14.4. The SMILES string of the molecule is C=C(CC)[C@@H]1CC[C@]2(NCCN3CCS(=O)(=O)CC3)CC[C@]3(C)[C@H](CC[C@@H]4[C@@]5(C)CC=C(C6=CCC(CF)(C(=O)OCC)CC6)C(C)(C)[C@@H]5CC[C@]43C)[C@@H]12. The molecular weight excluding hydrogens is 696 g/mol. The summed E-state index contributed by atoms with van der Waals surface area (Å²) in [6.07, 6.45) is 18.7. The van der Waals surface area contributed by atoms with Crippen LogP contribution in [0.3, 0.4) is 0 Å². The molecule has 0 spiro atoms. The molecule has 54 heavy (non-hydrogen) atoms. The van der Waals surface area contributed by atoms with E-state index in [1.54, 1.807) is 6.92 Å². The molecule has 0 aromatic carbocycles. The van der Waals surface area contributed by atoms with E-state index in [-0.39, 0.29) is 33.2 Å². The Hall–Kier alpha value is -1.51. The highest BCUT2D eigenvalue weighted by Crippen LogP contribution is 2.76. The molecule has 6 nitrogen and oxygen atoms in total. The molecule has 8 heteroatoms. The Balaban J connectivity index is 1.13. The summed E-state index contributed by atoms with van der Waals surface area (Å²) in [5.41, 5.74) is 4.11. The summed E-state index contributed by atoms with van der Waals surface area (Å²) in [5.74, 6) is 3.30. The Kier molecular flexibility index (Phi) is 10.8. The Morgan fingerprint density at radius 1 is 0.926 bits per heavy atom. The zero-order valence-electron chi connectivity index (χ0n) is 35.0. The topological polar surface area (TPSA) is 75.7 Å². The smallest absolute Gasteiger partial charge is 0.315 e. The van der Waals surface area contributed by atoms with Crippen LogP contribution < -0.4 is 5.32 Å². The Labute approximate surface area is 327 Å². The normalized spacial score (nSPS) is 44.1. The van der Waals surface area contributed by atoms with Gasteiger partial charge in [-0.3, -0.25) is 4.79 Å². The van der Waals surface area contributed by atoms with Crippen molar-refractivity contribution in [2.75, 3.05) is 51.0 Å². The monoisotopic (exact) mass is 769 g/mol. The summed E-state index contributed by atoms with van der Waals surface area (Å²) in [4.78, 5) is 15.2. The number of hydrogen-bond donors (Lipinski definition) is 1. The first-order valence-electron chi connectivity index (χ1n) is 21.9. The number of sulfone groups is 1. The van der Waals surface area contributed by atoms with Gasteiger partial charge < -0.3 is 15.0 Å². The molecule has 0 aromatic heterocycles. The number of allylic oxidation sites excluding steroid dienone is 5. The lowest BCUT2D eigenvalue weighted by molar-refractivity contribution is -0.221. The van der Waals surface area contributed by atoms with Gasteiger partial charge in [-0.15, -0.1) is 0 Å². The number of nitrogens with zero attached hydrogens (tertiary/aromatic N) is 1. The van der Waals surface area contributed by atoms with Crippen molar-refractivity contribution in [1.29, 1.82) is 0 Å². The number of esters is 1. The van der Waals surface area contributed by atoms with E-state index in [0.29, 0.717) is 73.6 Å². The molecule has 0 amide bonds. The largest absolute Gasteiger partial charge is 0.465 e. The number of halogens is 1. The minimum Gasteiger partial charge on any atom is -0.465 e. The summed E-state index contributed by atoms with van der Waals surface area (Å²) >= 11 is 0. The third-order valence-electron chi connectivity index (χ3n) is 18.3. The lowest BCUT2D eigenvalue weighted by atomic mass is 9.33. The molecule has 1 heterocycles.